The summed E-state index contributed by atoms with van der Waals surface area (Å²) in [5.41, 5.74) is 0.864. The van der Waals surface area contributed by atoms with Crippen LogP contribution in [0.1, 0.15) is 30.9 Å². The predicted molar refractivity (Wildman–Crippen MR) is 78.8 cm³/mol. The van der Waals surface area contributed by atoms with E-state index in [9.17, 15) is 10.2 Å². The molecule has 4 nitrogen and oxygen atoms in total. The summed E-state index contributed by atoms with van der Waals surface area (Å²) in [6, 6.07) is 7.53. The molecule has 0 amide bonds. The highest BCUT2D eigenvalue weighted by Gasteiger charge is 2.26. The number of aliphatic hydroxyl groups is 2. The van der Waals surface area contributed by atoms with Gasteiger partial charge < -0.3 is 19.8 Å². The van der Waals surface area contributed by atoms with E-state index in [1.807, 2.05) is 31.3 Å². The molecule has 4 heteroatoms. The maximum atomic E-state index is 10.3. The van der Waals surface area contributed by atoms with Crippen molar-refractivity contribution in [1.29, 1.82) is 0 Å². The summed E-state index contributed by atoms with van der Waals surface area (Å²) >= 11 is 0. The first-order valence-electron chi connectivity index (χ1n) is 7.28. The molecule has 0 radical (unpaired) electrons. The number of aliphatic hydroxyl groups excluding tert-OH is 2. The lowest BCUT2D eigenvalue weighted by Gasteiger charge is -2.25. The summed E-state index contributed by atoms with van der Waals surface area (Å²) in [4.78, 5) is 2.10. The lowest BCUT2D eigenvalue weighted by Crippen LogP contribution is -2.32. The second-order valence-electron chi connectivity index (χ2n) is 5.77. The van der Waals surface area contributed by atoms with Crippen LogP contribution in [0.3, 0.4) is 0 Å². The van der Waals surface area contributed by atoms with Crippen LogP contribution in [-0.4, -0.2) is 48.5 Å². The van der Waals surface area contributed by atoms with Gasteiger partial charge in [-0.25, -0.2) is 0 Å². The first-order valence-corrected chi connectivity index (χ1v) is 7.28. The van der Waals surface area contributed by atoms with Crippen molar-refractivity contribution in [2.45, 2.75) is 31.5 Å². The molecule has 112 valence electrons. The van der Waals surface area contributed by atoms with Crippen molar-refractivity contribution in [3.63, 3.8) is 0 Å². The monoisotopic (exact) mass is 279 g/mol. The summed E-state index contributed by atoms with van der Waals surface area (Å²) in [6.07, 6.45) is 2.40. The number of hydrogen-bond donors (Lipinski definition) is 2. The highest BCUT2D eigenvalue weighted by atomic mass is 16.5. The maximum Gasteiger partial charge on any atom is 0.119 e. The fraction of sp³-hybridized carbons (Fsp3) is 0.625. The molecule has 3 atom stereocenters. The van der Waals surface area contributed by atoms with Gasteiger partial charge in [-0.1, -0.05) is 18.6 Å². The molecule has 0 bridgehead atoms. The minimum atomic E-state index is -0.534. The second-order valence-corrected chi connectivity index (χ2v) is 5.77. The molecule has 0 aromatic heterocycles. The third-order valence-electron chi connectivity index (χ3n) is 4.13. The fourth-order valence-corrected chi connectivity index (χ4v) is 2.95. The van der Waals surface area contributed by atoms with Gasteiger partial charge >= 0.3 is 0 Å². The Morgan fingerprint density at radius 1 is 1.40 bits per heavy atom. The zero-order valence-corrected chi connectivity index (χ0v) is 12.3. The Balaban J connectivity index is 1.87. The van der Waals surface area contributed by atoms with E-state index in [1.54, 1.807) is 7.11 Å². The van der Waals surface area contributed by atoms with Crippen molar-refractivity contribution in [2.75, 3.05) is 27.2 Å². The highest BCUT2D eigenvalue weighted by Crippen LogP contribution is 2.27. The van der Waals surface area contributed by atoms with Gasteiger partial charge in [-0.3, -0.25) is 0 Å². The molecule has 20 heavy (non-hydrogen) atoms. The van der Waals surface area contributed by atoms with Crippen LogP contribution in [0.2, 0.25) is 0 Å². The SMILES string of the molecule is COc1cccc(C(O)CN(C)CC2CCCC2O)c1. The summed E-state index contributed by atoms with van der Waals surface area (Å²) in [6.45, 7) is 1.40. The first-order chi connectivity index (χ1) is 9.60. The molecule has 1 aliphatic carbocycles. The van der Waals surface area contributed by atoms with Gasteiger partial charge in [0.1, 0.15) is 5.75 Å². The Labute approximate surface area is 121 Å². The van der Waals surface area contributed by atoms with Gasteiger partial charge in [0.15, 0.2) is 0 Å². The number of benzene rings is 1. The van der Waals surface area contributed by atoms with E-state index in [0.29, 0.717) is 12.5 Å². The van der Waals surface area contributed by atoms with Crippen molar-refractivity contribution in [2.24, 2.45) is 5.92 Å². The molecule has 0 saturated heterocycles. The Bertz CT molecular complexity index is 424. The van der Waals surface area contributed by atoms with Crippen LogP contribution < -0.4 is 4.74 Å². The van der Waals surface area contributed by atoms with Crippen LogP contribution in [-0.2, 0) is 0 Å². The van der Waals surface area contributed by atoms with E-state index < -0.39 is 6.10 Å². The zero-order chi connectivity index (χ0) is 14.5. The Morgan fingerprint density at radius 3 is 2.85 bits per heavy atom. The van der Waals surface area contributed by atoms with E-state index in [2.05, 4.69) is 4.90 Å². The van der Waals surface area contributed by atoms with Crippen LogP contribution in [0, 0.1) is 5.92 Å². The molecule has 0 heterocycles. The lowest BCUT2D eigenvalue weighted by atomic mass is 10.0. The number of methoxy groups -OCH3 is 1. The molecule has 1 aromatic carbocycles. The molecular weight excluding hydrogens is 254 g/mol. The molecule has 1 aliphatic rings. The average molecular weight is 279 g/mol. The summed E-state index contributed by atoms with van der Waals surface area (Å²) in [5.74, 6) is 1.10. The molecular formula is C16H25NO3. The largest absolute Gasteiger partial charge is 0.497 e. The van der Waals surface area contributed by atoms with E-state index >= 15 is 0 Å². The second kappa shape index (κ2) is 7.07. The average Bonchev–Trinajstić information content (AvgIpc) is 2.84. The Hall–Kier alpha value is -1.10. The number of rotatable bonds is 6. The summed E-state index contributed by atoms with van der Waals surface area (Å²) < 4.78 is 5.17. The van der Waals surface area contributed by atoms with Crippen LogP contribution in [0.15, 0.2) is 24.3 Å². The van der Waals surface area contributed by atoms with E-state index in [1.165, 1.54) is 0 Å². The van der Waals surface area contributed by atoms with Gasteiger partial charge in [-0.05, 0) is 43.5 Å². The molecule has 2 N–H and O–H groups in total. The van der Waals surface area contributed by atoms with Crippen molar-refractivity contribution >= 4 is 0 Å². The van der Waals surface area contributed by atoms with Gasteiger partial charge in [-0.15, -0.1) is 0 Å². The van der Waals surface area contributed by atoms with E-state index in [0.717, 1.165) is 37.1 Å². The number of nitrogens with zero attached hydrogens (tertiary/aromatic N) is 1. The van der Waals surface area contributed by atoms with Crippen molar-refractivity contribution < 1.29 is 14.9 Å². The quantitative estimate of drug-likeness (QED) is 0.834. The predicted octanol–water partition coefficient (Wildman–Crippen LogP) is 1.82. The number of hydrogen-bond acceptors (Lipinski definition) is 4. The topological polar surface area (TPSA) is 52.9 Å². The zero-order valence-electron chi connectivity index (χ0n) is 12.3. The molecule has 0 aliphatic heterocycles. The van der Waals surface area contributed by atoms with Gasteiger partial charge in [0.2, 0.25) is 0 Å². The van der Waals surface area contributed by atoms with E-state index in [4.69, 9.17) is 4.74 Å². The highest BCUT2D eigenvalue weighted by molar-refractivity contribution is 5.29. The molecule has 1 aromatic rings. The van der Waals surface area contributed by atoms with Crippen LogP contribution in [0.25, 0.3) is 0 Å². The Morgan fingerprint density at radius 2 is 2.20 bits per heavy atom. The van der Waals surface area contributed by atoms with Crippen LogP contribution >= 0.6 is 0 Å². The first kappa shape index (κ1) is 15.3. The summed E-state index contributed by atoms with van der Waals surface area (Å²) in [7, 11) is 3.62. The normalized spacial score (nSPS) is 24.1. The Kier molecular flexibility index (Phi) is 5.40. The van der Waals surface area contributed by atoms with Gasteiger partial charge in [-0.2, -0.15) is 0 Å². The minimum absolute atomic E-state index is 0.175. The van der Waals surface area contributed by atoms with Crippen LogP contribution in [0.5, 0.6) is 5.75 Å². The smallest absolute Gasteiger partial charge is 0.119 e. The van der Waals surface area contributed by atoms with Crippen molar-refractivity contribution in [1.82, 2.24) is 4.90 Å². The van der Waals surface area contributed by atoms with Gasteiger partial charge in [0.25, 0.3) is 0 Å². The third-order valence-corrected chi connectivity index (χ3v) is 4.13. The molecule has 1 saturated carbocycles. The third kappa shape index (κ3) is 3.95. The standard InChI is InChI=1S/C16H25NO3/c1-17(10-13-6-4-8-15(13)18)11-16(19)12-5-3-7-14(9-12)20-2/h3,5,7,9,13,15-16,18-19H,4,6,8,10-11H2,1-2H3. The molecule has 1 fully saturated rings. The minimum Gasteiger partial charge on any atom is -0.497 e. The summed E-state index contributed by atoms with van der Waals surface area (Å²) in [5, 5.41) is 20.1. The number of likely N-dealkylation sites (N-methyl/N-ethyl adjacent to an activating group) is 1. The maximum absolute atomic E-state index is 10.3. The number of ether oxygens (including phenoxy) is 1. The molecule has 3 unspecified atom stereocenters. The molecule has 0 spiro atoms. The molecule has 2 rings (SSSR count). The van der Waals surface area contributed by atoms with Gasteiger partial charge in [0.05, 0.1) is 19.3 Å². The van der Waals surface area contributed by atoms with Crippen LogP contribution in [0.4, 0.5) is 0 Å². The fourth-order valence-electron chi connectivity index (χ4n) is 2.95. The van der Waals surface area contributed by atoms with Crippen molar-refractivity contribution in [3.8, 4) is 5.75 Å². The lowest BCUT2D eigenvalue weighted by molar-refractivity contribution is 0.0821. The van der Waals surface area contributed by atoms with Gasteiger partial charge in [0, 0.05) is 13.1 Å². The van der Waals surface area contributed by atoms with E-state index in [-0.39, 0.29) is 6.10 Å². The van der Waals surface area contributed by atoms with Crippen molar-refractivity contribution in [3.05, 3.63) is 29.8 Å².